The molecular formula is C6H12N2. The van der Waals surface area contributed by atoms with Crippen LogP contribution in [0.4, 0.5) is 0 Å². The highest BCUT2D eigenvalue weighted by atomic mass is 15.2. The van der Waals surface area contributed by atoms with Crippen LogP contribution >= 0.6 is 0 Å². The van der Waals surface area contributed by atoms with Gasteiger partial charge in [-0.3, -0.25) is 10.3 Å². The van der Waals surface area contributed by atoms with Crippen LogP contribution in [0, 0.1) is 0 Å². The Labute approximate surface area is 50.0 Å². The van der Waals surface area contributed by atoms with Gasteiger partial charge in [0.15, 0.2) is 0 Å². The number of aliphatic imine (C=N–C) groups is 1. The molecular weight excluding hydrogens is 100 g/mol. The van der Waals surface area contributed by atoms with E-state index in [1.165, 1.54) is 6.42 Å². The van der Waals surface area contributed by atoms with Crippen molar-refractivity contribution in [2.24, 2.45) is 4.99 Å². The quantitative estimate of drug-likeness (QED) is 0.425. The summed E-state index contributed by atoms with van der Waals surface area (Å²) in [6.07, 6.45) is 4.81. The molecule has 0 spiro atoms. The Kier molecular flexibility index (Phi) is 2.03. The summed E-state index contributed by atoms with van der Waals surface area (Å²) in [4.78, 5) is 4.19. The number of nitrogens with zero attached hydrogens (tertiary/aromatic N) is 1. The molecule has 0 aliphatic carbocycles. The van der Waals surface area contributed by atoms with Crippen molar-refractivity contribution in [3.63, 3.8) is 0 Å². The van der Waals surface area contributed by atoms with E-state index >= 15 is 0 Å². The Morgan fingerprint density at radius 3 is 3.12 bits per heavy atom. The molecule has 1 saturated heterocycles. The van der Waals surface area contributed by atoms with E-state index in [0.29, 0.717) is 6.17 Å². The van der Waals surface area contributed by atoms with Crippen LogP contribution in [-0.2, 0) is 0 Å². The first-order valence-electron chi connectivity index (χ1n) is 3.18. The van der Waals surface area contributed by atoms with E-state index in [0.717, 1.165) is 13.0 Å². The second kappa shape index (κ2) is 2.82. The van der Waals surface area contributed by atoms with Crippen molar-refractivity contribution in [1.29, 1.82) is 0 Å². The van der Waals surface area contributed by atoms with E-state index in [4.69, 9.17) is 0 Å². The predicted octanol–water partition coefficient (Wildman–Crippen LogP) is 0.787. The third-order valence-corrected chi connectivity index (χ3v) is 1.09. The van der Waals surface area contributed by atoms with E-state index < -0.39 is 0 Å². The van der Waals surface area contributed by atoms with E-state index in [-0.39, 0.29) is 0 Å². The van der Waals surface area contributed by atoms with Crippen LogP contribution in [0.3, 0.4) is 0 Å². The Bertz CT molecular complexity index is 84.5. The van der Waals surface area contributed by atoms with Crippen molar-refractivity contribution in [2.45, 2.75) is 25.9 Å². The Hall–Kier alpha value is -0.370. The highest BCUT2D eigenvalue weighted by Crippen LogP contribution is 1.96. The molecule has 1 aliphatic rings. The van der Waals surface area contributed by atoms with Crippen LogP contribution in [-0.4, -0.2) is 18.9 Å². The molecule has 0 aromatic carbocycles. The minimum Gasteiger partial charge on any atom is -0.291 e. The van der Waals surface area contributed by atoms with E-state index in [1.54, 1.807) is 0 Å². The van der Waals surface area contributed by atoms with Gasteiger partial charge < -0.3 is 0 Å². The van der Waals surface area contributed by atoms with E-state index in [1.807, 2.05) is 6.21 Å². The minimum atomic E-state index is 0.474. The fourth-order valence-electron chi connectivity index (χ4n) is 0.489. The molecule has 1 rings (SSSR count). The predicted molar refractivity (Wildman–Crippen MR) is 35.2 cm³/mol. The van der Waals surface area contributed by atoms with E-state index in [9.17, 15) is 0 Å². The standard InChI is InChI=1S/C6H12N2/c1-2-3-4-7-6-5-8-6/h4,6,8H,2-3,5H2,1H3. The Morgan fingerprint density at radius 2 is 2.62 bits per heavy atom. The zero-order valence-corrected chi connectivity index (χ0v) is 5.22. The van der Waals surface area contributed by atoms with Gasteiger partial charge in [0.2, 0.25) is 0 Å². The first-order chi connectivity index (χ1) is 3.93. The summed E-state index contributed by atoms with van der Waals surface area (Å²) in [5, 5.41) is 3.10. The summed E-state index contributed by atoms with van der Waals surface area (Å²) in [5.74, 6) is 0. The largest absolute Gasteiger partial charge is 0.291 e. The van der Waals surface area contributed by atoms with Gasteiger partial charge in [-0.2, -0.15) is 0 Å². The zero-order valence-electron chi connectivity index (χ0n) is 5.22. The van der Waals surface area contributed by atoms with Crippen molar-refractivity contribution in [1.82, 2.24) is 5.32 Å². The van der Waals surface area contributed by atoms with Gasteiger partial charge >= 0.3 is 0 Å². The third-order valence-electron chi connectivity index (χ3n) is 1.09. The summed E-state index contributed by atoms with van der Waals surface area (Å²) in [6.45, 7) is 3.24. The molecule has 1 aliphatic heterocycles. The fraction of sp³-hybridized carbons (Fsp3) is 0.833. The minimum absolute atomic E-state index is 0.474. The lowest BCUT2D eigenvalue weighted by molar-refractivity contribution is 0.973. The van der Waals surface area contributed by atoms with Crippen LogP contribution < -0.4 is 5.32 Å². The van der Waals surface area contributed by atoms with Gasteiger partial charge in [-0.15, -0.1) is 0 Å². The normalized spacial score (nSPS) is 26.9. The van der Waals surface area contributed by atoms with Gasteiger partial charge in [-0.25, -0.2) is 0 Å². The first kappa shape index (κ1) is 5.76. The number of hydrogen-bond acceptors (Lipinski definition) is 2. The summed E-state index contributed by atoms with van der Waals surface area (Å²) in [7, 11) is 0. The number of unbranched alkanes of at least 4 members (excludes halogenated alkanes) is 1. The lowest BCUT2D eigenvalue weighted by Crippen LogP contribution is -1.83. The zero-order chi connectivity index (χ0) is 5.82. The summed E-state index contributed by atoms with van der Waals surface area (Å²) >= 11 is 0. The van der Waals surface area contributed by atoms with Gasteiger partial charge in [0.05, 0.1) is 0 Å². The molecule has 46 valence electrons. The molecule has 2 nitrogen and oxygen atoms in total. The number of hydrogen-bond donors (Lipinski definition) is 1. The van der Waals surface area contributed by atoms with Gasteiger partial charge in [-0.05, 0) is 6.42 Å². The summed E-state index contributed by atoms with van der Waals surface area (Å²) in [6, 6.07) is 0. The molecule has 1 N–H and O–H groups in total. The maximum Gasteiger partial charge on any atom is 0.112 e. The molecule has 0 amide bonds. The van der Waals surface area contributed by atoms with Crippen molar-refractivity contribution in [3.05, 3.63) is 0 Å². The second-order valence-electron chi connectivity index (χ2n) is 2.04. The molecule has 1 heterocycles. The maximum atomic E-state index is 4.19. The number of nitrogens with one attached hydrogen (secondary N) is 1. The van der Waals surface area contributed by atoms with E-state index in [2.05, 4.69) is 17.2 Å². The Balaban J connectivity index is 1.96. The second-order valence-corrected chi connectivity index (χ2v) is 2.04. The van der Waals surface area contributed by atoms with Crippen LogP contribution in [0.5, 0.6) is 0 Å². The first-order valence-corrected chi connectivity index (χ1v) is 3.18. The van der Waals surface area contributed by atoms with Crippen molar-refractivity contribution < 1.29 is 0 Å². The lowest BCUT2D eigenvalue weighted by atomic mass is 10.4. The SMILES string of the molecule is CCCC=NC1CN1. The molecule has 1 unspecified atom stereocenters. The molecule has 0 aromatic heterocycles. The van der Waals surface area contributed by atoms with Crippen molar-refractivity contribution in [2.75, 3.05) is 6.54 Å². The third kappa shape index (κ3) is 2.07. The summed E-state index contributed by atoms with van der Waals surface area (Å²) < 4.78 is 0. The Morgan fingerprint density at radius 1 is 1.88 bits per heavy atom. The van der Waals surface area contributed by atoms with Crippen LogP contribution in [0.2, 0.25) is 0 Å². The number of rotatable bonds is 3. The maximum absolute atomic E-state index is 4.19. The van der Waals surface area contributed by atoms with Gasteiger partial charge in [0.1, 0.15) is 6.17 Å². The topological polar surface area (TPSA) is 34.3 Å². The monoisotopic (exact) mass is 112 g/mol. The van der Waals surface area contributed by atoms with Gasteiger partial charge in [-0.1, -0.05) is 13.3 Å². The average Bonchev–Trinajstić information content (AvgIpc) is 2.51. The van der Waals surface area contributed by atoms with Crippen LogP contribution in [0.1, 0.15) is 19.8 Å². The molecule has 0 bridgehead atoms. The van der Waals surface area contributed by atoms with Crippen molar-refractivity contribution in [3.8, 4) is 0 Å². The molecule has 2 heteroatoms. The molecule has 0 radical (unpaired) electrons. The molecule has 8 heavy (non-hydrogen) atoms. The molecule has 0 aromatic rings. The molecule has 1 atom stereocenters. The van der Waals surface area contributed by atoms with Gasteiger partial charge in [0, 0.05) is 12.8 Å². The molecule has 1 fully saturated rings. The lowest BCUT2D eigenvalue weighted by Gasteiger charge is -1.81. The van der Waals surface area contributed by atoms with Crippen LogP contribution in [0.15, 0.2) is 4.99 Å². The van der Waals surface area contributed by atoms with Gasteiger partial charge in [0.25, 0.3) is 0 Å². The van der Waals surface area contributed by atoms with Crippen LogP contribution in [0.25, 0.3) is 0 Å². The highest BCUT2D eigenvalue weighted by molar-refractivity contribution is 5.57. The smallest absolute Gasteiger partial charge is 0.112 e. The van der Waals surface area contributed by atoms with Crippen molar-refractivity contribution >= 4 is 6.21 Å². The highest BCUT2D eigenvalue weighted by Gasteiger charge is 2.16. The molecule has 0 saturated carbocycles. The average molecular weight is 112 g/mol. The summed E-state index contributed by atoms with van der Waals surface area (Å²) in [5.41, 5.74) is 0. The fourth-order valence-corrected chi connectivity index (χ4v) is 0.489.